The molecular weight excluding hydrogens is 258 g/mol. The molecule has 0 aromatic carbocycles. The molecule has 1 aliphatic carbocycles. The summed E-state index contributed by atoms with van der Waals surface area (Å²) in [6, 6.07) is 2.69. The van der Waals surface area contributed by atoms with E-state index >= 15 is 0 Å². The maximum Gasteiger partial charge on any atom is 0.254 e. The minimum absolute atomic E-state index is 0.166. The zero-order valence-corrected chi connectivity index (χ0v) is 11.2. The fourth-order valence-electron chi connectivity index (χ4n) is 3.52. The van der Waals surface area contributed by atoms with Crippen molar-refractivity contribution in [3.8, 4) is 5.88 Å². The summed E-state index contributed by atoms with van der Waals surface area (Å²) in [6.45, 7) is 1.35. The van der Waals surface area contributed by atoms with Crippen molar-refractivity contribution in [3.05, 3.63) is 28.0 Å². The van der Waals surface area contributed by atoms with Crippen LogP contribution in [0, 0.1) is 11.8 Å². The number of carbonyl (C=O) groups excluding carboxylic acids is 1. The lowest BCUT2D eigenvalue weighted by atomic mass is 9.78. The molecule has 6 heteroatoms. The van der Waals surface area contributed by atoms with Crippen LogP contribution in [-0.2, 0) is 0 Å². The summed E-state index contributed by atoms with van der Waals surface area (Å²) in [4.78, 5) is 27.7. The Balaban J connectivity index is 1.80. The number of fused-ring (bicyclic) bond motifs is 1. The maximum atomic E-state index is 12.4. The first-order chi connectivity index (χ1) is 9.54. The Kier molecular flexibility index (Phi) is 3.25. The molecule has 1 saturated carbocycles. The van der Waals surface area contributed by atoms with Gasteiger partial charge in [0.05, 0.1) is 5.56 Å². The zero-order chi connectivity index (χ0) is 14.3. The average Bonchev–Trinajstić information content (AvgIpc) is 2.82. The van der Waals surface area contributed by atoms with Gasteiger partial charge in [-0.15, -0.1) is 0 Å². The van der Waals surface area contributed by atoms with E-state index in [0.29, 0.717) is 24.9 Å². The molecule has 0 radical (unpaired) electrons. The lowest BCUT2D eigenvalue weighted by Gasteiger charge is -2.29. The van der Waals surface area contributed by atoms with Gasteiger partial charge in [0, 0.05) is 31.3 Å². The smallest absolute Gasteiger partial charge is 0.254 e. The quantitative estimate of drug-likeness (QED) is 0.686. The van der Waals surface area contributed by atoms with Crippen LogP contribution in [0.15, 0.2) is 16.9 Å². The van der Waals surface area contributed by atoms with E-state index in [4.69, 9.17) is 5.73 Å². The summed E-state index contributed by atoms with van der Waals surface area (Å²) in [5.41, 5.74) is 5.90. The van der Waals surface area contributed by atoms with Crippen molar-refractivity contribution in [1.82, 2.24) is 9.88 Å². The highest BCUT2D eigenvalue weighted by Crippen LogP contribution is 2.36. The highest BCUT2D eigenvalue weighted by Gasteiger charge is 2.40. The third-order valence-electron chi connectivity index (χ3n) is 4.52. The van der Waals surface area contributed by atoms with Gasteiger partial charge in [-0.2, -0.15) is 0 Å². The average molecular weight is 277 g/mol. The van der Waals surface area contributed by atoms with Gasteiger partial charge in [0.25, 0.3) is 11.5 Å². The number of nitrogens with one attached hydrogen (secondary N) is 1. The number of rotatable bonds is 1. The van der Waals surface area contributed by atoms with E-state index in [-0.39, 0.29) is 23.4 Å². The van der Waals surface area contributed by atoms with Gasteiger partial charge in [0.15, 0.2) is 5.88 Å². The van der Waals surface area contributed by atoms with Gasteiger partial charge in [0.2, 0.25) is 0 Å². The number of hydrogen-bond donors (Lipinski definition) is 3. The Bertz CT molecular complexity index is 583. The summed E-state index contributed by atoms with van der Waals surface area (Å²) in [6.07, 6.45) is 3.26. The topological polar surface area (TPSA) is 99.4 Å². The molecule has 2 aliphatic rings. The second-order valence-corrected chi connectivity index (χ2v) is 5.85. The lowest BCUT2D eigenvalue weighted by Crippen LogP contribution is -2.38. The first-order valence-electron chi connectivity index (χ1n) is 7.03. The molecule has 108 valence electrons. The molecular formula is C14H19N3O3. The molecule has 1 aliphatic heterocycles. The van der Waals surface area contributed by atoms with Crippen molar-refractivity contribution in [2.24, 2.45) is 17.6 Å². The molecule has 20 heavy (non-hydrogen) atoms. The number of aromatic nitrogens is 1. The van der Waals surface area contributed by atoms with Crippen molar-refractivity contribution >= 4 is 5.91 Å². The Morgan fingerprint density at radius 1 is 1.35 bits per heavy atom. The molecule has 3 atom stereocenters. The van der Waals surface area contributed by atoms with Crippen LogP contribution in [0.3, 0.4) is 0 Å². The summed E-state index contributed by atoms with van der Waals surface area (Å²) < 4.78 is 0. The number of pyridine rings is 1. The summed E-state index contributed by atoms with van der Waals surface area (Å²) >= 11 is 0. The van der Waals surface area contributed by atoms with Crippen LogP contribution in [0.25, 0.3) is 0 Å². The molecule has 6 nitrogen and oxygen atoms in total. The van der Waals surface area contributed by atoms with E-state index in [9.17, 15) is 14.7 Å². The first-order valence-corrected chi connectivity index (χ1v) is 7.03. The third kappa shape index (κ3) is 2.31. The zero-order valence-electron chi connectivity index (χ0n) is 11.2. The minimum atomic E-state index is -0.471. The van der Waals surface area contributed by atoms with E-state index in [1.165, 1.54) is 12.1 Å². The number of carbonyl (C=O) groups is 1. The number of H-pyrrole nitrogens is 1. The second-order valence-electron chi connectivity index (χ2n) is 5.85. The number of likely N-dealkylation sites (tertiary alicyclic amines) is 1. The molecule has 2 heterocycles. The molecule has 1 aromatic rings. The molecule has 0 bridgehead atoms. The predicted molar refractivity (Wildman–Crippen MR) is 73.4 cm³/mol. The van der Waals surface area contributed by atoms with Crippen LogP contribution in [0.2, 0.25) is 0 Å². The van der Waals surface area contributed by atoms with Gasteiger partial charge in [-0.1, -0.05) is 6.42 Å². The van der Waals surface area contributed by atoms with Gasteiger partial charge >= 0.3 is 0 Å². The Morgan fingerprint density at radius 2 is 2.15 bits per heavy atom. The molecule has 1 amide bonds. The Morgan fingerprint density at radius 3 is 2.85 bits per heavy atom. The van der Waals surface area contributed by atoms with Gasteiger partial charge in [0.1, 0.15) is 0 Å². The van der Waals surface area contributed by atoms with Crippen molar-refractivity contribution in [2.75, 3.05) is 13.1 Å². The molecule has 4 N–H and O–H groups in total. The van der Waals surface area contributed by atoms with E-state index < -0.39 is 5.56 Å². The maximum absolute atomic E-state index is 12.4. The third-order valence-corrected chi connectivity index (χ3v) is 4.52. The lowest BCUT2D eigenvalue weighted by molar-refractivity contribution is 0.0782. The van der Waals surface area contributed by atoms with Crippen molar-refractivity contribution in [1.29, 1.82) is 0 Å². The van der Waals surface area contributed by atoms with Crippen LogP contribution in [0.1, 0.15) is 29.6 Å². The molecule has 0 spiro atoms. The van der Waals surface area contributed by atoms with E-state index in [0.717, 1.165) is 19.3 Å². The molecule has 3 unspecified atom stereocenters. The fraction of sp³-hybridized carbons (Fsp3) is 0.571. The number of aromatic hydroxyl groups is 1. The highest BCUT2D eigenvalue weighted by atomic mass is 16.3. The van der Waals surface area contributed by atoms with Crippen molar-refractivity contribution in [3.63, 3.8) is 0 Å². The predicted octanol–water partition coefficient (Wildman–Crippen LogP) is 0.280. The van der Waals surface area contributed by atoms with E-state index in [1.54, 1.807) is 4.90 Å². The van der Waals surface area contributed by atoms with E-state index in [2.05, 4.69) is 4.98 Å². The number of amides is 1. The molecule has 3 rings (SSSR count). The first kappa shape index (κ1) is 13.2. The standard InChI is InChI=1S/C14H19N3O3/c15-11-3-1-2-8-6-17(7-10(8)11)14(20)9-4-12(18)16-13(19)5-9/h4-5,8,10-11H,1-3,6-7,15H2,(H2,16,18,19). The van der Waals surface area contributed by atoms with E-state index in [1.807, 2.05) is 0 Å². The second kappa shape index (κ2) is 4.94. The molecule has 1 aromatic heterocycles. The summed E-state index contributed by atoms with van der Waals surface area (Å²) in [5, 5.41) is 9.39. The summed E-state index contributed by atoms with van der Waals surface area (Å²) in [5.74, 6) is 0.351. The summed E-state index contributed by atoms with van der Waals surface area (Å²) in [7, 11) is 0. The van der Waals surface area contributed by atoms with Crippen molar-refractivity contribution in [2.45, 2.75) is 25.3 Å². The minimum Gasteiger partial charge on any atom is -0.494 e. The van der Waals surface area contributed by atoms with Crippen LogP contribution in [-0.4, -0.2) is 40.0 Å². The van der Waals surface area contributed by atoms with Crippen molar-refractivity contribution < 1.29 is 9.90 Å². The number of nitrogens with zero attached hydrogens (tertiary/aromatic N) is 1. The van der Waals surface area contributed by atoms with Gasteiger partial charge < -0.3 is 15.7 Å². The SMILES string of the molecule is NC1CCCC2CN(C(=O)c3cc(O)[nH]c(=O)c3)CC12. The number of nitrogens with two attached hydrogens (primary N) is 1. The van der Waals surface area contributed by atoms with Gasteiger partial charge in [-0.25, -0.2) is 0 Å². The normalized spacial score (nSPS) is 29.2. The number of hydrogen-bond acceptors (Lipinski definition) is 4. The van der Waals surface area contributed by atoms with Crippen LogP contribution >= 0.6 is 0 Å². The van der Waals surface area contributed by atoms with Crippen LogP contribution < -0.4 is 11.3 Å². The fourth-order valence-corrected chi connectivity index (χ4v) is 3.52. The molecule has 1 saturated heterocycles. The number of aromatic amines is 1. The van der Waals surface area contributed by atoms with Crippen LogP contribution in [0.4, 0.5) is 0 Å². The van der Waals surface area contributed by atoms with Gasteiger partial charge in [-0.3, -0.25) is 14.6 Å². The monoisotopic (exact) mass is 277 g/mol. The Labute approximate surface area is 116 Å². The van der Waals surface area contributed by atoms with Crippen LogP contribution in [0.5, 0.6) is 5.88 Å². The Hall–Kier alpha value is -1.82. The molecule has 2 fully saturated rings. The van der Waals surface area contributed by atoms with Gasteiger partial charge in [-0.05, 0) is 24.7 Å². The highest BCUT2D eigenvalue weighted by molar-refractivity contribution is 5.94. The largest absolute Gasteiger partial charge is 0.494 e.